The zero-order valence-electron chi connectivity index (χ0n) is 21.9. The first-order valence-electron chi connectivity index (χ1n) is 12.0. The van der Waals surface area contributed by atoms with Crippen molar-refractivity contribution in [2.75, 3.05) is 23.9 Å². The maximum Gasteiger partial charge on any atom is 0.232 e. The molecule has 0 spiro atoms. The number of nitrogens with zero attached hydrogens (tertiary/aromatic N) is 1. The first kappa shape index (κ1) is 27.6. The van der Waals surface area contributed by atoms with Crippen molar-refractivity contribution in [3.05, 3.63) is 77.4 Å². The van der Waals surface area contributed by atoms with E-state index in [1.807, 2.05) is 31.2 Å². The topological polar surface area (TPSA) is 114 Å². The molecule has 0 fully saturated rings. The van der Waals surface area contributed by atoms with E-state index in [0.717, 1.165) is 29.2 Å². The van der Waals surface area contributed by atoms with Gasteiger partial charge in [0.2, 0.25) is 20.0 Å². The highest BCUT2D eigenvalue weighted by molar-refractivity contribution is 7.92. The molecule has 0 saturated carbocycles. The minimum atomic E-state index is -3.62. The average molecular weight is 555 g/mol. The van der Waals surface area contributed by atoms with Crippen LogP contribution < -0.4 is 9.03 Å². The van der Waals surface area contributed by atoms with Crippen molar-refractivity contribution in [2.45, 2.75) is 26.8 Å². The number of anilines is 1. The zero-order chi connectivity index (χ0) is 27.8. The van der Waals surface area contributed by atoms with Crippen molar-refractivity contribution >= 4 is 42.5 Å². The Morgan fingerprint density at radius 3 is 2.08 bits per heavy atom. The Bertz CT molecular complexity index is 1720. The second kappa shape index (κ2) is 10.4. The Labute approximate surface area is 223 Å². The summed E-state index contributed by atoms with van der Waals surface area (Å²) in [4.78, 5) is 13.2. The van der Waals surface area contributed by atoms with E-state index in [-0.39, 0.29) is 18.7 Å². The molecule has 1 N–H and O–H groups in total. The molecule has 0 radical (unpaired) electrons. The molecule has 1 heterocycles. The van der Waals surface area contributed by atoms with Crippen LogP contribution >= 0.6 is 0 Å². The molecule has 4 rings (SSSR count). The normalized spacial score (nSPS) is 12.1. The molecule has 10 heteroatoms. The van der Waals surface area contributed by atoms with Crippen LogP contribution in [0.1, 0.15) is 34.8 Å². The molecular weight excluding hydrogens is 524 g/mol. The number of fused-ring (bicyclic) bond motifs is 1. The summed E-state index contributed by atoms with van der Waals surface area (Å²) in [6.07, 6.45) is 2.48. The van der Waals surface area contributed by atoms with Gasteiger partial charge in [-0.25, -0.2) is 21.6 Å². The Balaban J connectivity index is 1.95. The Morgan fingerprint density at radius 2 is 1.53 bits per heavy atom. The van der Waals surface area contributed by atoms with Crippen LogP contribution in [-0.2, 0) is 26.6 Å². The van der Waals surface area contributed by atoms with Crippen LogP contribution in [0, 0.1) is 6.92 Å². The number of nitrogens with one attached hydrogen (secondary N) is 1. The predicted octanol–water partition coefficient (Wildman–Crippen LogP) is 5.11. The molecule has 0 atom stereocenters. The first-order chi connectivity index (χ1) is 17.8. The van der Waals surface area contributed by atoms with Crippen LogP contribution in [0.2, 0.25) is 0 Å². The van der Waals surface area contributed by atoms with Gasteiger partial charge < -0.3 is 4.42 Å². The van der Waals surface area contributed by atoms with E-state index in [1.54, 1.807) is 43.3 Å². The molecule has 0 unspecified atom stereocenters. The molecular formula is C28H30N2O6S2. The summed E-state index contributed by atoms with van der Waals surface area (Å²) in [6.45, 7) is 3.89. The number of ketones is 1. The average Bonchev–Trinajstić information content (AvgIpc) is 3.24. The number of aryl methyl sites for hydroxylation is 1. The second-order valence-corrected chi connectivity index (χ2v) is 13.2. The molecule has 3 aromatic carbocycles. The van der Waals surface area contributed by atoms with Gasteiger partial charge in [-0.15, -0.1) is 0 Å². The van der Waals surface area contributed by atoms with E-state index >= 15 is 0 Å². The standard InChI is InChI=1S/C28H30N2O6S2/c1-6-25(31)27-23-15-22(20-13-9-19(10-14-20)17-29-37(4,32)33)24(30(3)38(5,34)35)16-26(23)36-28(27)21-11-7-18(2)8-12-21/h7-16,29H,6,17H2,1-5H3. The van der Waals surface area contributed by atoms with E-state index in [4.69, 9.17) is 4.42 Å². The van der Waals surface area contributed by atoms with Gasteiger partial charge in [-0.2, -0.15) is 0 Å². The van der Waals surface area contributed by atoms with Crippen molar-refractivity contribution in [2.24, 2.45) is 0 Å². The van der Waals surface area contributed by atoms with E-state index in [1.165, 1.54) is 11.4 Å². The summed E-state index contributed by atoms with van der Waals surface area (Å²) in [5, 5.41) is 0.593. The summed E-state index contributed by atoms with van der Waals surface area (Å²) in [6, 6.07) is 18.2. The molecule has 0 saturated heterocycles. The van der Waals surface area contributed by atoms with Gasteiger partial charge in [0.05, 0.1) is 23.8 Å². The third-order valence-corrected chi connectivity index (χ3v) is 8.22. The lowest BCUT2D eigenvalue weighted by molar-refractivity contribution is 0.0989. The van der Waals surface area contributed by atoms with Gasteiger partial charge in [-0.1, -0.05) is 61.0 Å². The largest absolute Gasteiger partial charge is 0.455 e. The predicted molar refractivity (Wildman–Crippen MR) is 151 cm³/mol. The van der Waals surface area contributed by atoms with Crippen LogP contribution in [0.15, 0.2) is 65.1 Å². The fourth-order valence-electron chi connectivity index (χ4n) is 4.18. The van der Waals surface area contributed by atoms with Gasteiger partial charge in [-0.05, 0) is 24.1 Å². The monoisotopic (exact) mass is 554 g/mol. The van der Waals surface area contributed by atoms with Crippen molar-refractivity contribution in [1.29, 1.82) is 0 Å². The third-order valence-electron chi connectivity index (χ3n) is 6.36. The number of hydrogen-bond donors (Lipinski definition) is 1. The summed E-state index contributed by atoms with van der Waals surface area (Å²) < 4.78 is 57.8. The van der Waals surface area contributed by atoms with E-state index < -0.39 is 20.0 Å². The van der Waals surface area contributed by atoms with Gasteiger partial charge in [0.15, 0.2) is 5.78 Å². The highest BCUT2D eigenvalue weighted by atomic mass is 32.2. The maximum atomic E-state index is 13.2. The second-order valence-electron chi connectivity index (χ2n) is 9.34. The molecule has 0 aliphatic carbocycles. The molecule has 38 heavy (non-hydrogen) atoms. The van der Waals surface area contributed by atoms with Crippen LogP contribution in [0.5, 0.6) is 0 Å². The molecule has 0 amide bonds. The fourth-order valence-corrected chi connectivity index (χ4v) is 5.12. The van der Waals surface area contributed by atoms with Gasteiger partial charge >= 0.3 is 0 Å². The van der Waals surface area contributed by atoms with Gasteiger partial charge in [-0.3, -0.25) is 9.10 Å². The zero-order valence-corrected chi connectivity index (χ0v) is 23.5. The van der Waals surface area contributed by atoms with Gasteiger partial charge in [0, 0.05) is 42.6 Å². The lowest BCUT2D eigenvalue weighted by Gasteiger charge is -2.21. The van der Waals surface area contributed by atoms with E-state index in [2.05, 4.69) is 4.72 Å². The summed E-state index contributed by atoms with van der Waals surface area (Å²) >= 11 is 0. The third kappa shape index (κ3) is 5.82. The number of Topliss-reactive ketones (excluding diaryl/α,β-unsaturated/α-hetero) is 1. The number of rotatable bonds is 9. The molecule has 1 aromatic heterocycles. The highest BCUT2D eigenvalue weighted by Gasteiger charge is 2.25. The van der Waals surface area contributed by atoms with Gasteiger partial charge in [0.1, 0.15) is 11.3 Å². The van der Waals surface area contributed by atoms with Crippen LogP contribution in [0.4, 0.5) is 5.69 Å². The highest BCUT2D eigenvalue weighted by Crippen LogP contribution is 2.41. The number of carbonyl (C=O) groups excluding carboxylic acids is 1. The molecule has 0 aliphatic heterocycles. The Kier molecular flexibility index (Phi) is 7.51. The molecule has 200 valence electrons. The quantitative estimate of drug-likeness (QED) is 0.288. The van der Waals surface area contributed by atoms with Crippen molar-refractivity contribution < 1.29 is 26.0 Å². The first-order valence-corrected chi connectivity index (χ1v) is 15.7. The summed E-state index contributed by atoms with van der Waals surface area (Å²) in [5.74, 6) is 0.357. The van der Waals surface area contributed by atoms with Crippen LogP contribution in [0.25, 0.3) is 33.4 Å². The molecule has 0 aliphatic rings. The number of hydrogen-bond acceptors (Lipinski definition) is 6. The lowest BCUT2D eigenvalue weighted by atomic mass is 9.96. The molecule has 8 nitrogen and oxygen atoms in total. The van der Waals surface area contributed by atoms with Gasteiger partial charge in [0.25, 0.3) is 0 Å². The number of carbonyl (C=O) groups is 1. The minimum absolute atomic E-state index is 0.0864. The summed E-state index contributed by atoms with van der Waals surface area (Å²) in [7, 11) is -5.50. The number of sulfonamides is 2. The lowest BCUT2D eigenvalue weighted by Crippen LogP contribution is -2.25. The molecule has 0 bridgehead atoms. The summed E-state index contributed by atoms with van der Waals surface area (Å²) in [5.41, 5.74) is 5.11. The van der Waals surface area contributed by atoms with Crippen molar-refractivity contribution in [3.8, 4) is 22.5 Å². The maximum absolute atomic E-state index is 13.2. The van der Waals surface area contributed by atoms with Crippen LogP contribution in [0.3, 0.4) is 0 Å². The smallest absolute Gasteiger partial charge is 0.232 e. The fraction of sp³-hybridized carbons (Fsp3) is 0.250. The molecule has 4 aromatic rings. The SMILES string of the molecule is CCC(=O)c1c(-c2ccc(C)cc2)oc2cc(N(C)S(C)(=O)=O)c(-c3ccc(CNS(C)(=O)=O)cc3)cc12. The number of benzene rings is 3. The van der Waals surface area contributed by atoms with Crippen molar-refractivity contribution in [1.82, 2.24) is 4.72 Å². The van der Waals surface area contributed by atoms with Crippen molar-refractivity contribution in [3.63, 3.8) is 0 Å². The van der Waals surface area contributed by atoms with Crippen LogP contribution in [-0.4, -0.2) is 42.2 Å². The minimum Gasteiger partial charge on any atom is -0.455 e. The van der Waals surface area contributed by atoms with E-state index in [9.17, 15) is 21.6 Å². The Morgan fingerprint density at radius 1 is 0.921 bits per heavy atom. The number of furan rings is 1. The van der Waals surface area contributed by atoms with E-state index in [0.29, 0.717) is 39.1 Å². The Hall–Kier alpha value is -3.47.